The van der Waals surface area contributed by atoms with Crippen LogP contribution >= 0.6 is 0 Å². The molecule has 2 aromatic rings. The largest absolute Gasteiger partial charge is 0.480 e. The molecule has 3 rings (SSSR count). The Bertz CT molecular complexity index is 599. The van der Waals surface area contributed by atoms with Crippen LogP contribution in [0.2, 0.25) is 0 Å². The third kappa shape index (κ3) is 2.70. The van der Waals surface area contributed by atoms with Gasteiger partial charge in [-0.1, -0.05) is 36.4 Å². The fraction of sp³-hybridized carbons (Fsp3) is 0.312. The van der Waals surface area contributed by atoms with E-state index in [1.54, 1.807) is 6.92 Å². The fourth-order valence-electron chi connectivity index (χ4n) is 2.09. The highest BCUT2D eigenvalue weighted by molar-refractivity contribution is 5.89. The van der Waals surface area contributed by atoms with Crippen LogP contribution in [0.5, 0.6) is 5.75 Å². The van der Waals surface area contributed by atoms with Gasteiger partial charge >= 0.3 is 0 Å². The summed E-state index contributed by atoms with van der Waals surface area (Å²) in [6.07, 6.45) is 1.71. The van der Waals surface area contributed by atoms with Gasteiger partial charge in [0.25, 0.3) is 5.91 Å². The number of fused-ring (bicyclic) bond motifs is 1. The first-order valence-corrected chi connectivity index (χ1v) is 6.69. The number of hydrogen-bond donors (Lipinski definition) is 1. The minimum Gasteiger partial charge on any atom is -0.480 e. The number of rotatable bonds is 4. The van der Waals surface area contributed by atoms with Crippen molar-refractivity contribution in [3.05, 3.63) is 42.5 Å². The van der Waals surface area contributed by atoms with Crippen molar-refractivity contribution in [2.24, 2.45) is 0 Å². The van der Waals surface area contributed by atoms with Gasteiger partial charge in [0.15, 0.2) is 6.10 Å². The highest BCUT2D eigenvalue weighted by Crippen LogP contribution is 2.26. The van der Waals surface area contributed by atoms with Gasteiger partial charge < -0.3 is 10.1 Å². The fourth-order valence-corrected chi connectivity index (χ4v) is 2.09. The number of nitrogens with one attached hydrogen (secondary N) is 1. The molecule has 0 unspecified atom stereocenters. The van der Waals surface area contributed by atoms with Crippen molar-refractivity contribution in [1.29, 1.82) is 0 Å². The number of amides is 1. The van der Waals surface area contributed by atoms with E-state index in [-0.39, 0.29) is 5.91 Å². The maximum absolute atomic E-state index is 11.9. The zero-order chi connectivity index (χ0) is 13.2. The summed E-state index contributed by atoms with van der Waals surface area (Å²) in [6.45, 7) is 1.79. The first kappa shape index (κ1) is 12.0. The molecule has 0 aliphatic heterocycles. The Morgan fingerprint density at radius 1 is 1.21 bits per heavy atom. The molecule has 1 saturated carbocycles. The van der Waals surface area contributed by atoms with Crippen LogP contribution in [0.4, 0.5) is 0 Å². The van der Waals surface area contributed by atoms with E-state index in [9.17, 15) is 4.79 Å². The average molecular weight is 255 g/mol. The highest BCUT2D eigenvalue weighted by atomic mass is 16.5. The van der Waals surface area contributed by atoms with E-state index >= 15 is 0 Å². The molecular weight excluding hydrogens is 238 g/mol. The van der Waals surface area contributed by atoms with Gasteiger partial charge in [-0.15, -0.1) is 0 Å². The summed E-state index contributed by atoms with van der Waals surface area (Å²) in [5.74, 6) is 0.729. The van der Waals surface area contributed by atoms with E-state index in [0.717, 1.165) is 29.4 Å². The van der Waals surface area contributed by atoms with Crippen molar-refractivity contribution >= 4 is 16.7 Å². The molecular formula is C16H17NO2. The van der Waals surface area contributed by atoms with Gasteiger partial charge in [-0.2, -0.15) is 0 Å². The van der Waals surface area contributed by atoms with Crippen LogP contribution < -0.4 is 10.1 Å². The lowest BCUT2D eigenvalue weighted by molar-refractivity contribution is -0.127. The molecule has 1 fully saturated rings. The number of ether oxygens (including phenoxy) is 1. The molecule has 1 N–H and O–H groups in total. The standard InChI is InChI=1S/C16H17NO2/c1-11(16(18)17-13-9-10-13)19-15-8-4-6-12-5-2-3-7-14(12)15/h2-8,11,13H,9-10H2,1H3,(H,17,18)/t11-/m1/s1. The topological polar surface area (TPSA) is 38.3 Å². The number of benzene rings is 2. The summed E-state index contributed by atoms with van der Waals surface area (Å²) in [7, 11) is 0. The van der Waals surface area contributed by atoms with Crippen molar-refractivity contribution in [3.8, 4) is 5.75 Å². The Balaban J connectivity index is 1.78. The minimum atomic E-state index is -0.466. The van der Waals surface area contributed by atoms with Gasteiger partial charge in [0.05, 0.1) is 0 Å². The van der Waals surface area contributed by atoms with Crippen molar-refractivity contribution in [1.82, 2.24) is 5.32 Å². The molecule has 0 saturated heterocycles. The van der Waals surface area contributed by atoms with Crippen LogP contribution in [0, 0.1) is 0 Å². The van der Waals surface area contributed by atoms with Gasteiger partial charge in [0.1, 0.15) is 5.75 Å². The summed E-state index contributed by atoms with van der Waals surface area (Å²) in [6, 6.07) is 14.3. The third-order valence-electron chi connectivity index (χ3n) is 3.35. The van der Waals surface area contributed by atoms with Gasteiger partial charge in [-0.25, -0.2) is 0 Å². The predicted molar refractivity (Wildman–Crippen MR) is 75.2 cm³/mol. The molecule has 0 aromatic heterocycles. The minimum absolute atomic E-state index is 0.0320. The normalized spacial score (nSPS) is 16.1. The summed E-state index contributed by atoms with van der Waals surface area (Å²) in [5, 5.41) is 5.12. The quantitative estimate of drug-likeness (QED) is 0.912. The van der Waals surface area contributed by atoms with E-state index in [4.69, 9.17) is 4.74 Å². The Morgan fingerprint density at radius 2 is 1.95 bits per heavy atom. The van der Waals surface area contributed by atoms with Crippen LogP contribution in [0.1, 0.15) is 19.8 Å². The van der Waals surface area contributed by atoms with Crippen LogP contribution in [0.15, 0.2) is 42.5 Å². The van der Waals surface area contributed by atoms with E-state index in [0.29, 0.717) is 6.04 Å². The zero-order valence-corrected chi connectivity index (χ0v) is 10.9. The van der Waals surface area contributed by atoms with Crippen molar-refractivity contribution in [2.75, 3.05) is 0 Å². The SMILES string of the molecule is C[C@@H](Oc1cccc2ccccc12)C(=O)NC1CC1. The van der Waals surface area contributed by atoms with Gasteiger partial charge in [0.2, 0.25) is 0 Å². The lowest BCUT2D eigenvalue weighted by atomic mass is 10.1. The Kier molecular flexibility index (Phi) is 3.11. The van der Waals surface area contributed by atoms with Crippen LogP contribution in [-0.4, -0.2) is 18.1 Å². The van der Waals surface area contributed by atoms with Crippen LogP contribution in [0.3, 0.4) is 0 Å². The maximum Gasteiger partial charge on any atom is 0.260 e. The predicted octanol–water partition coefficient (Wildman–Crippen LogP) is 2.89. The second-order valence-electron chi connectivity index (χ2n) is 5.02. The molecule has 3 nitrogen and oxygen atoms in total. The smallest absolute Gasteiger partial charge is 0.260 e. The van der Waals surface area contributed by atoms with E-state index in [2.05, 4.69) is 5.32 Å². The number of carbonyl (C=O) groups is 1. The molecule has 3 heteroatoms. The molecule has 0 radical (unpaired) electrons. The first-order valence-electron chi connectivity index (χ1n) is 6.69. The van der Waals surface area contributed by atoms with Crippen molar-refractivity contribution in [3.63, 3.8) is 0 Å². The second kappa shape index (κ2) is 4.92. The van der Waals surface area contributed by atoms with Gasteiger partial charge in [0, 0.05) is 11.4 Å². The lowest BCUT2D eigenvalue weighted by Crippen LogP contribution is -2.37. The summed E-state index contributed by atoms with van der Waals surface area (Å²) >= 11 is 0. The Morgan fingerprint density at radius 3 is 2.74 bits per heavy atom. The molecule has 0 bridgehead atoms. The molecule has 19 heavy (non-hydrogen) atoms. The van der Waals surface area contributed by atoms with Gasteiger partial charge in [-0.3, -0.25) is 4.79 Å². The second-order valence-corrected chi connectivity index (χ2v) is 5.02. The zero-order valence-electron chi connectivity index (χ0n) is 10.9. The molecule has 0 heterocycles. The lowest BCUT2D eigenvalue weighted by Gasteiger charge is -2.16. The summed E-state index contributed by atoms with van der Waals surface area (Å²) in [5.41, 5.74) is 0. The van der Waals surface area contributed by atoms with E-state index in [1.807, 2.05) is 42.5 Å². The summed E-state index contributed by atoms with van der Waals surface area (Å²) in [4.78, 5) is 11.9. The molecule has 1 atom stereocenters. The molecule has 1 aliphatic rings. The van der Waals surface area contributed by atoms with E-state index < -0.39 is 6.10 Å². The Hall–Kier alpha value is -2.03. The average Bonchev–Trinajstić information content (AvgIpc) is 3.23. The Labute approximate surface area is 112 Å². The molecule has 1 amide bonds. The van der Waals surface area contributed by atoms with Crippen molar-refractivity contribution < 1.29 is 9.53 Å². The molecule has 98 valence electrons. The maximum atomic E-state index is 11.9. The number of carbonyl (C=O) groups excluding carboxylic acids is 1. The summed E-state index contributed by atoms with van der Waals surface area (Å²) < 4.78 is 5.81. The van der Waals surface area contributed by atoms with Crippen molar-refractivity contribution in [2.45, 2.75) is 31.9 Å². The number of hydrogen-bond acceptors (Lipinski definition) is 2. The first-order chi connectivity index (χ1) is 9.24. The molecule has 1 aliphatic carbocycles. The van der Waals surface area contributed by atoms with Crippen LogP contribution in [0.25, 0.3) is 10.8 Å². The van der Waals surface area contributed by atoms with Gasteiger partial charge in [-0.05, 0) is 31.2 Å². The van der Waals surface area contributed by atoms with Crippen LogP contribution in [-0.2, 0) is 4.79 Å². The molecule has 0 spiro atoms. The third-order valence-corrected chi connectivity index (χ3v) is 3.35. The monoisotopic (exact) mass is 255 g/mol. The van der Waals surface area contributed by atoms with E-state index in [1.165, 1.54) is 0 Å². The highest BCUT2D eigenvalue weighted by Gasteiger charge is 2.26. The molecule has 2 aromatic carbocycles.